The minimum absolute atomic E-state index is 0.294. The molecule has 2 rings (SSSR count). The van der Waals surface area contributed by atoms with Gasteiger partial charge < -0.3 is 11.1 Å². The Kier molecular flexibility index (Phi) is 4.58. The van der Waals surface area contributed by atoms with Gasteiger partial charge in [0.05, 0.1) is 12.5 Å². The van der Waals surface area contributed by atoms with Gasteiger partial charge >= 0.3 is 0 Å². The van der Waals surface area contributed by atoms with Crippen molar-refractivity contribution in [3.05, 3.63) is 52.2 Å². The normalized spacial score (nSPS) is 12.1. The Hall–Kier alpha value is -1.81. The summed E-state index contributed by atoms with van der Waals surface area (Å²) < 4.78 is 0. The molecule has 0 fully saturated rings. The number of hydrogen-bond acceptors (Lipinski definition) is 3. The molecule has 0 spiro atoms. The number of thiophene rings is 1. The maximum absolute atomic E-state index is 10.8. The lowest BCUT2D eigenvalue weighted by Crippen LogP contribution is -2.13. The molecule has 1 unspecified atom stereocenters. The van der Waals surface area contributed by atoms with E-state index >= 15 is 0 Å². The largest absolute Gasteiger partial charge is 0.377 e. The van der Waals surface area contributed by atoms with Crippen molar-refractivity contribution in [2.24, 2.45) is 5.73 Å². The molecule has 1 aromatic heterocycles. The summed E-state index contributed by atoms with van der Waals surface area (Å²) in [5, 5.41) is 5.60. The van der Waals surface area contributed by atoms with Gasteiger partial charge in [0.1, 0.15) is 0 Å². The Balaban J connectivity index is 2.04. The van der Waals surface area contributed by atoms with E-state index < -0.39 is 0 Å². The molecule has 1 aromatic carbocycles. The number of carbonyl (C=O) groups is 1. The van der Waals surface area contributed by atoms with Crippen LogP contribution in [0.5, 0.6) is 0 Å². The fraction of sp³-hybridized carbons (Fsp3) is 0.267. The highest BCUT2D eigenvalue weighted by molar-refractivity contribution is 7.10. The summed E-state index contributed by atoms with van der Waals surface area (Å²) in [7, 11) is 0. The molecule has 0 saturated heterocycles. The van der Waals surface area contributed by atoms with E-state index in [1.165, 1.54) is 4.88 Å². The van der Waals surface area contributed by atoms with E-state index in [4.69, 9.17) is 5.73 Å². The van der Waals surface area contributed by atoms with Gasteiger partial charge in [0, 0.05) is 10.6 Å². The zero-order chi connectivity index (χ0) is 13.7. The standard InChI is InChI=1S/C15H18N2OS/c1-2-13(14-4-3-9-19-14)17-12-7-5-11(6-8-12)10-15(16)18/h3-9,13,17H,2,10H2,1H3,(H2,16,18). The monoisotopic (exact) mass is 274 g/mol. The van der Waals surface area contributed by atoms with E-state index in [0.717, 1.165) is 17.7 Å². The molecule has 2 aromatic rings. The first-order chi connectivity index (χ1) is 9.19. The van der Waals surface area contributed by atoms with Crippen molar-refractivity contribution in [2.45, 2.75) is 25.8 Å². The Bertz CT molecular complexity index is 520. The van der Waals surface area contributed by atoms with E-state index in [0.29, 0.717) is 12.5 Å². The fourth-order valence-electron chi connectivity index (χ4n) is 1.99. The number of benzene rings is 1. The van der Waals surface area contributed by atoms with Gasteiger partial charge in [-0.05, 0) is 35.6 Å². The quantitative estimate of drug-likeness (QED) is 0.849. The lowest BCUT2D eigenvalue weighted by molar-refractivity contribution is -0.117. The van der Waals surface area contributed by atoms with E-state index in [-0.39, 0.29) is 5.91 Å². The van der Waals surface area contributed by atoms with Gasteiger partial charge in [-0.25, -0.2) is 0 Å². The second-order valence-corrected chi connectivity index (χ2v) is 5.44. The number of hydrogen-bond donors (Lipinski definition) is 2. The highest BCUT2D eigenvalue weighted by Gasteiger charge is 2.09. The number of nitrogens with two attached hydrogens (primary N) is 1. The predicted octanol–water partition coefficient (Wildman–Crippen LogP) is 3.34. The molecule has 0 aliphatic heterocycles. The van der Waals surface area contributed by atoms with Crippen molar-refractivity contribution in [1.29, 1.82) is 0 Å². The van der Waals surface area contributed by atoms with Gasteiger partial charge in [-0.1, -0.05) is 25.1 Å². The van der Waals surface area contributed by atoms with Crippen LogP contribution in [0.25, 0.3) is 0 Å². The van der Waals surface area contributed by atoms with Crippen LogP contribution in [0.15, 0.2) is 41.8 Å². The molecule has 1 amide bonds. The second-order valence-electron chi connectivity index (χ2n) is 4.46. The summed E-state index contributed by atoms with van der Waals surface area (Å²) in [6.07, 6.45) is 1.33. The smallest absolute Gasteiger partial charge is 0.221 e. The van der Waals surface area contributed by atoms with Gasteiger partial charge in [-0.15, -0.1) is 11.3 Å². The summed E-state index contributed by atoms with van der Waals surface area (Å²) in [6.45, 7) is 2.17. The third-order valence-electron chi connectivity index (χ3n) is 2.97. The highest BCUT2D eigenvalue weighted by atomic mass is 32.1. The third-order valence-corrected chi connectivity index (χ3v) is 3.95. The fourth-order valence-corrected chi connectivity index (χ4v) is 2.85. The van der Waals surface area contributed by atoms with Crippen molar-refractivity contribution < 1.29 is 4.79 Å². The Labute approximate surface area is 117 Å². The number of primary amides is 1. The van der Waals surface area contributed by atoms with Gasteiger partial charge in [-0.2, -0.15) is 0 Å². The lowest BCUT2D eigenvalue weighted by atomic mass is 10.1. The molecular weight excluding hydrogens is 256 g/mol. The molecule has 0 saturated carbocycles. The number of nitrogens with one attached hydrogen (secondary N) is 1. The summed E-state index contributed by atoms with van der Waals surface area (Å²) >= 11 is 1.76. The minimum atomic E-state index is -0.300. The first-order valence-corrected chi connectivity index (χ1v) is 7.24. The summed E-state index contributed by atoms with van der Waals surface area (Å²) in [4.78, 5) is 12.2. The predicted molar refractivity (Wildman–Crippen MR) is 80.3 cm³/mol. The maximum atomic E-state index is 10.8. The average molecular weight is 274 g/mol. The molecular formula is C15H18N2OS. The summed E-state index contributed by atoms with van der Waals surface area (Å²) in [5.74, 6) is -0.300. The third kappa shape index (κ3) is 3.83. The van der Waals surface area contributed by atoms with E-state index in [1.807, 2.05) is 24.3 Å². The molecule has 100 valence electrons. The second kappa shape index (κ2) is 6.38. The van der Waals surface area contributed by atoms with E-state index in [9.17, 15) is 4.79 Å². The number of carbonyl (C=O) groups excluding carboxylic acids is 1. The van der Waals surface area contributed by atoms with Gasteiger partial charge in [0.15, 0.2) is 0 Å². The van der Waals surface area contributed by atoms with Crippen molar-refractivity contribution in [3.63, 3.8) is 0 Å². The van der Waals surface area contributed by atoms with Crippen molar-refractivity contribution in [2.75, 3.05) is 5.32 Å². The first-order valence-electron chi connectivity index (χ1n) is 6.36. The lowest BCUT2D eigenvalue weighted by Gasteiger charge is -2.17. The number of rotatable bonds is 6. The summed E-state index contributed by atoms with van der Waals surface area (Å²) in [5.41, 5.74) is 7.19. The van der Waals surface area contributed by atoms with Crippen LogP contribution >= 0.6 is 11.3 Å². The molecule has 4 heteroatoms. The van der Waals surface area contributed by atoms with Crippen LogP contribution in [-0.4, -0.2) is 5.91 Å². The zero-order valence-corrected chi connectivity index (χ0v) is 11.7. The van der Waals surface area contributed by atoms with Crippen LogP contribution in [0.3, 0.4) is 0 Å². The molecule has 0 aliphatic carbocycles. The van der Waals surface area contributed by atoms with Crippen LogP contribution < -0.4 is 11.1 Å². The van der Waals surface area contributed by atoms with E-state index in [2.05, 4.69) is 29.8 Å². The molecule has 1 heterocycles. The molecule has 0 radical (unpaired) electrons. The minimum Gasteiger partial charge on any atom is -0.377 e. The Morgan fingerprint density at radius 2 is 2.05 bits per heavy atom. The molecule has 1 atom stereocenters. The van der Waals surface area contributed by atoms with Crippen LogP contribution in [-0.2, 0) is 11.2 Å². The van der Waals surface area contributed by atoms with Crippen molar-refractivity contribution >= 4 is 22.9 Å². The van der Waals surface area contributed by atoms with Crippen LogP contribution in [0, 0.1) is 0 Å². The highest BCUT2D eigenvalue weighted by Crippen LogP contribution is 2.26. The molecule has 0 aliphatic rings. The topological polar surface area (TPSA) is 55.1 Å². The van der Waals surface area contributed by atoms with Crippen LogP contribution in [0.2, 0.25) is 0 Å². The number of anilines is 1. The van der Waals surface area contributed by atoms with Gasteiger partial charge in [0.25, 0.3) is 0 Å². The number of amides is 1. The van der Waals surface area contributed by atoms with Crippen molar-refractivity contribution in [3.8, 4) is 0 Å². The zero-order valence-electron chi connectivity index (χ0n) is 10.9. The maximum Gasteiger partial charge on any atom is 0.221 e. The average Bonchev–Trinajstić information content (AvgIpc) is 2.91. The molecule has 3 nitrogen and oxygen atoms in total. The van der Waals surface area contributed by atoms with Crippen LogP contribution in [0.1, 0.15) is 29.8 Å². The molecule has 3 N–H and O–H groups in total. The van der Waals surface area contributed by atoms with Gasteiger partial charge in [0.2, 0.25) is 5.91 Å². The Morgan fingerprint density at radius 1 is 1.32 bits per heavy atom. The van der Waals surface area contributed by atoms with E-state index in [1.54, 1.807) is 11.3 Å². The van der Waals surface area contributed by atoms with Crippen LogP contribution in [0.4, 0.5) is 5.69 Å². The van der Waals surface area contributed by atoms with Gasteiger partial charge in [-0.3, -0.25) is 4.79 Å². The SMILES string of the molecule is CCC(Nc1ccc(CC(N)=O)cc1)c1cccs1. The Morgan fingerprint density at radius 3 is 2.58 bits per heavy atom. The molecule has 19 heavy (non-hydrogen) atoms. The first kappa shape index (κ1) is 13.6. The summed E-state index contributed by atoms with van der Waals surface area (Å²) in [6, 6.07) is 12.4. The molecule has 0 bridgehead atoms. The van der Waals surface area contributed by atoms with Crippen molar-refractivity contribution in [1.82, 2.24) is 0 Å².